The smallest absolute Gasteiger partial charge is 0.234 e. The second-order valence-corrected chi connectivity index (χ2v) is 13.4. The number of thiazole rings is 2. The van der Waals surface area contributed by atoms with Crippen molar-refractivity contribution in [3.8, 4) is 11.5 Å². The number of thioether (sulfide) groups is 2. The maximum absolute atomic E-state index is 12.6. The summed E-state index contributed by atoms with van der Waals surface area (Å²) in [6.45, 7) is 3.33. The Labute approximate surface area is 258 Å². The van der Waals surface area contributed by atoms with Crippen LogP contribution < -0.4 is 20.1 Å². The van der Waals surface area contributed by atoms with E-state index in [1.54, 1.807) is 35.6 Å². The number of ether oxygens (including phenoxy) is 2. The highest BCUT2D eigenvalue weighted by atomic mass is 35.5. The van der Waals surface area contributed by atoms with Crippen LogP contribution in [-0.4, -0.2) is 53.0 Å². The van der Waals surface area contributed by atoms with Gasteiger partial charge in [0.05, 0.1) is 45.1 Å². The van der Waals surface area contributed by atoms with Crippen molar-refractivity contribution in [3.63, 3.8) is 0 Å². The van der Waals surface area contributed by atoms with Gasteiger partial charge in [-0.15, -0.1) is 22.7 Å². The van der Waals surface area contributed by atoms with E-state index in [1.165, 1.54) is 34.9 Å². The number of halogens is 1. The number of carbonyl (C=O) groups is 2. The summed E-state index contributed by atoms with van der Waals surface area (Å²) in [6, 6.07) is 18.5. The number of carbonyl (C=O) groups excluding carboxylic acids is 2. The van der Waals surface area contributed by atoms with Gasteiger partial charge in [-0.25, -0.2) is 9.97 Å². The summed E-state index contributed by atoms with van der Waals surface area (Å²) in [7, 11) is 0. The van der Waals surface area contributed by atoms with Crippen molar-refractivity contribution in [2.75, 3.05) is 36.6 Å². The summed E-state index contributed by atoms with van der Waals surface area (Å²) >= 11 is 11.7. The lowest BCUT2D eigenvalue weighted by atomic mass is 10.3. The first-order valence-corrected chi connectivity index (χ1v) is 16.6. The van der Waals surface area contributed by atoms with Gasteiger partial charge in [0.25, 0.3) is 0 Å². The minimum absolute atomic E-state index is 0.0951. The van der Waals surface area contributed by atoms with Crippen molar-refractivity contribution in [1.29, 1.82) is 0 Å². The molecule has 0 saturated heterocycles. The van der Waals surface area contributed by atoms with Crippen molar-refractivity contribution in [2.45, 2.75) is 15.6 Å². The molecule has 2 N–H and O–H groups in total. The summed E-state index contributed by atoms with van der Waals surface area (Å²) in [6.07, 6.45) is 0. The number of hydrogen-bond acceptors (Lipinski definition) is 10. The monoisotopic (exact) mass is 644 g/mol. The Bertz CT molecular complexity index is 1660. The van der Waals surface area contributed by atoms with Crippen LogP contribution >= 0.6 is 57.8 Å². The van der Waals surface area contributed by atoms with E-state index in [-0.39, 0.29) is 23.3 Å². The zero-order valence-electron chi connectivity index (χ0n) is 21.8. The van der Waals surface area contributed by atoms with Crippen molar-refractivity contribution in [2.24, 2.45) is 0 Å². The molecule has 8 nitrogen and oxygen atoms in total. The van der Waals surface area contributed by atoms with Crippen LogP contribution in [0, 0.1) is 0 Å². The summed E-state index contributed by atoms with van der Waals surface area (Å²) in [5, 5.41) is 6.44. The van der Waals surface area contributed by atoms with Crippen LogP contribution in [0.1, 0.15) is 6.92 Å². The first kappa shape index (κ1) is 29.5. The second kappa shape index (κ2) is 14.2. The predicted octanol–water partition coefficient (Wildman–Crippen LogP) is 6.98. The Hall–Kier alpha value is -3.03. The van der Waals surface area contributed by atoms with Crippen LogP contribution in [0.3, 0.4) is 0 Å². The van der Waals surface area contributed by atoms with E-state index in [0.717, 1.165) is 34.9 Å². The fourth-order valence-electron chi connectivity index (χ4n) is 3.64. The first-order valence-electron chi connectivity index (χ1n) is 12.6. The molecule has 0 fully saturated rings. The van der Waals surface area contributed by atoms with Gasteiger partial charge in [-0.1, -0.05) is 35.1 Å². The molecule has 2 amide bonds. The largest absolute Gasteiger partial charge is 0.494 e. The third kappa shape index (κ3) is 8.49. The lowest BCUT2D eigenvalue weighted by Crippen LogP contribution is -2.29. The molecule has 2 aromatic heterocycles. The van der Waals surface area contributed by atoms with E-state index >= 15 is 0 Å². The van der Waals surface area contributed by atoms with Gasteiger partial charge < -0.3 is 20.1 Å². The van der Waals surface area contributed by atoms with E-state index in [1.807, 2.05) is 43.3 Å². The molecule has 0 spiro atoms. The molecule has 0 bridgehead atoms. The van der Waals surface area contributed by atoms with Gasteiger partial charge >= 0.3 is 0 Å². The predicted molar refractivity (Wildman–Crippen MR) is 170 cm³/mol. The molecule has 5 aromatic rings. The third-order valence-electron chi connectivity index (χ3n) is 5.46. The average molecular weight is 645 g/mol. The lowest BCUT2D eigenvalue weighted by molar-refractivity contribution is -0.118. The highest BCUT2D eigenvalue weighted by Gasteiger charge is 2.12. The zero-order chi connectivity index (χ0) is 28.6. The van der Waals surface area contributed by atoms with Crippen LogP contribution in [0.4, 0.5) is 5.69 Å². The van der Waals surface area contributed by atoms with E-state index in [2.05, 4.69) is 20.6 Å². The molecule has 212 valence electrons. The normalized spacial score (nSPS) is 11.1. The van der Waals surface area contributed by atoms with Crippen LogP contribution in [0.2, 0.25) is 5.02 Å². The highest BCUT2D eigenvalue weighted by Crippen LogP contribution is 2.33. The first-order chi connectivity index (χ1) is 19.9. The standard InChI is InChI=1S/C28H25ClN4O4S4/c1-2-36-20-8-10-22-24(14-20)41-28(33-22)39-16-26(35)31-18-5-9-21-23(13-18)40-27(32-21)38-15-25(34)30-11-12-37-19-6-3-17(29)4-7-19/h3-10,13-14H,2,11-12,15-16H2,1H3,(H,30,34)(H,31,35). The zero-order valence-corrected chi connectivity index (χ0v) is 25.9. The maximum Gasteiger partial charge on any atom is 0.234 e. The van der Waals surface area contributed by atoms with Crippen molar-refractivity contribution in [1.82, 2.24) is 15.3 Å². The SMILES string of the molecule is CCOc1ccc2nc(SCC(=O)Nc3ccc4nc(SCC(=O)NCCOc5ccc(Cl)cc5)sc4c3)sc2c1. The van der Waals surface area contributed by atoms with Crippen molar-refractivity contribution < 1.29 is 19.1 Å². The number of hydrogen-bond donors (Lipinski definition) is 2. The molecule has 0 atom stereocenters. The number of nitrogens with zero attached hydrogens (tertiary/aromatic N) is 2. The number of fused-ring (bicyclic) bond motifs is 2. The fraction of sp³-hybridized carbons (Fsp3) is 0.214. The molecule has 13 heteroatoms. The molecule has 2 heterocycles. The quantitative estimate of drug-likeness (QED) is 0.105. The van der Waals surface area contributed by atoms with E-state index in [9.17, 15) is 9.59 Å². The minimum Gasteiger partial charge on any atom is -0.494 e. The molecular weight excluding hydrogens is 620 g/mol. The summed E-state index contributed by atoms with van der Waals surface area (Å²) < 4.78 is 14.7. The molecule has 0 aliphatic rings. The molecule has 0 saturated carbocycles. The van der Waals surface area contributed by atoms with Crippen LogP contribution in [-0.2, 0) is 9.59 Å². The van der Waals surface area contributed by atoms with Gasteiger partial charge in [-0.3, -0.25) is 9.59 Å². The molecule has 0 radical (unpaired) electrons. The highest BCUT2D eigenvalue weighted by molar-refractivity contribution is 8.02. The topological polar surface area (TPSA) is 102 Å². The Morgan fingerprint density at radius 3 is 2.17 bits per heavy atom. The molecule has 5 rings (SSSR count). The Balaban J connectivity index is 1.06. The minimum atomic E-state index is -0.112. The lowest BCUT2D eigenvalue weighted by Gasteiger charge is -2.07. The van der Waals surface area contributed by atoms with Gasteiger partial charge in [0.2, 0.25) is 11.8 Å². The second-order valence-electron chi connectivity index (χ2n) is 8.48. The summed E-state index contributed by atoms with van der Waals surface area (Å²) in [5.74, 6) is 1.81. The number of benzene rings is 3. The van der Waals surface area contributed by atoms with Gasteiger partial charge in [-0.05, 0) is 67.6 Å². The molecule has 0 aliphatic carbocycles. The Kier molecular flexibility index (Phi) is 10.2. The molecule has 41 heavy (non-hydrogen) atoms. The van der Waals surface area contributed by atoms with Gasteiger partial charge in [0, 0.05) is 10.7 Å². The van der Waals surface area contributed by atoms with Crippen LogP contribution in [0.25, 0.3) is 20.4 Å². The van der Waals surface area contributed by atoms with Crippen LogP contribution in [0.5, 0.6) is 11.5 Å². The molecule has 0 aliphatic heterocycles. The maximum atomic E-state index is 12.6. The van der Waals surface area contributed by atoms with E-state index in [0.29, 0.717) is 36.2 Å². The third-order valence-corrected chi connectivity index (χ3v) is 10.0. The Morgan fingerprint density at radius 1 is 0.829 bits per heavy atom. The number of amides is 2. The number of anilines is 1. The summed E-state index contributed by atoms with van der Waals surface area (Å²) in [5.41, 5.74) is 2.42. The fourth-order valence-corrected chi connectivity index (χ4v) is 7.60. The average Bonchev–Trinajstić information content (AvgIpc) is 3.57. The Morgan fingerprint density at radius 2 is 1.46 bits per heavy atom. The van der Waals surface area contributed by atoms with Crippen molar-refractivity contribution in [3.05, 3.63) is 65.7 Å². The number of rotatable bonds is 13. The van der Waals surface area contributed by atoms with Crippen molar-refractivity contribution >= 4 is 95.7 Å². The summed E-state index contributed by atoms with van der Waals surface area (Å²) in [4.78, 5) is 34.0. The van der Waals surface area contributed by atoms with Gasteiger partial charge in [-0.2, -0.15) is 0 Å². The molecular formula is C28H25ClN4O4S4. The van der Waals surface area contributed by atoms with Gasteiger partial charge in [0.15, 0.2) is 8.68 Å². The van der Waals surface area contributed by atoms with Crippen LogP contribution in [0.15, 0.2) is 69.3 Å². The number of aromatic nitrogens is 2. The van der Waals surface area contributed by atoms with E-state index in [4.69, 9.17) is 21.1 Å². The van der Waals surface area contributed by atoms with E-state index < -0.39 is 0 Å². The molecule has 0 unspecified atom stereocenters. The van der Waals surface area contributed by atoms with Gasteiger partial charge in [0.1, 0.15) is 18.1 Å². The molecule has 3 aromatic carbocycles. The number of nitrogens with one attached hydrogen (secondary N) is 2.